The molecule has 1 aliphatic rings. The summed E-state index contributed by atoms with van der Waals surface area (Å²) in [4.78, 5) is 16.1. The summed E-state index contributed by atoms with van der Waals surface area (Å²) in [6, 6.07) is 0. The molecule has 0 saturated heterocycles. The third-order valence-electron chi connectivity index (χ3n) is 3.60. The summed E-state index contributed by atoms with van der Waals surface area (Å²) in [6.07, 6.45) is 3.91. The van der Waals surface area contributed by atoms with Crippen molar-refractivity contribution in [2.24, 2.45) is 16.9 Å². The highest BCUT2D eigenvalue weighted by Gasteiger charge is 2.23. The molecule has 2 atom stereocenters. The van der Waals surface area contributed by atoms with E-state index in [0.29, 0.717) is 18.3 Å². The molecule has 1 fully saturated rings. The van der Waals surface area contributed by atoms with E-state index in [2.05, 4.69) is 29.4 Å². The average molecular weight is 279 g/mol. The highest BCUT2D eigenvalue weighted by molar-refractivity contribution is 7.09. The number of rotatable bonds is 3. The van der Waals surface area contributed by atoms with Crippen LogP contribution in [0.25, 0.3) is 0 Å². The van der Waals surface area contributed by atoms with E-state index in [-0.39, 0.29) is 5.91 Å². The van der Waals surface area contributed by atoms with Gasteiger partial charge in [-0.05, 0) is 31.6 Å². The lowest BCUT2D eigenvalue weighted by Gasteiger charge is -2.26. The van der Waals surface area contributed by atoms with Gasteiger partial charge in [-0.15, -0.1) is 11.3 Å². The first kappa shape index (κ1) is 14.2. The smallest absolute Gasteiger partial charge is 0.246 e. The van der Waals surface area contributed by atoms with Crippen molar-refractivity contribution in [1.82, 2.24) is 10.4 Å². The second-order valence-electron chi connectivity index (χ2n) is 5.34. The highest BCUT2D eigenvalue weighted by atomic mass is 32.1. The Bertz CT molecular complexity index is 469. The zero-order valence-corrected chi connectivity index (χ0v) is 12.6. The Hall–Kier alpha value is -1.23. The standard InChI is InChI=1S/C14H21N3OS/c1-9-5-4-6-10(2)14(9)17-16-13(18)7-12-8-19-11(3)15-12/h8-10H,4-7H2,1-3H3,(H,16,18)/t9-,10-/m0/s1. The maximum atomic E-state index is 11.8. The molecule has 0 unspecified atom stereocenters. The van der Waals surface area contributed by atoms with Crippen LogP contribution in [0.15, 0.2) is 10.5 Å². The van der Waals surface area contributed by atoms with Gasteiger partial charge in [0.1, 0.15) is 0 Å². The molecule has 2 rings (SSSR count). The van der Waals surface area contributed by atoms with Gasteiger partial charge in [-0.2, -0.15) is 5.10 Å². The van der Waals surface area contributed by atoms with E-state index in [1.54, 1.807) is 11.3 Å². The fourth-order valence-electron chi connectivity index (χ4n) is 2.55. The maximum absolute atomic E-state index is 11.8. The Kier molecular flexibility index (Phi) is 4.69. The van der Waals surface area contributed by atoms with Gasteiger partial charge in [0.15, 0.2) is 0 Å². The normalized spacial score (nSPS) is 23.2. The second kappa shape index (κ2) is 6.28. The zero-order chi connectivity index (χ0) is 13.8. The monoisotopic (exact) mass is 279 g/mol. The van der Waals surface area contributed by atoms with Crippen molar-refractivity contribution >= 4 is 23.0 Å². The fraction of sp³-hybridized carbons (Fsp3) is 0.643. The van der Waals surface area contributed by atoms with E-state index < -0.39 is 0 Å². The molecule has 104 valence electrons. The van der Waals surface area contributed by atoms with Crippen LogP contribution in [0.4, 0.5) is 0 Å². The summed E-state index contributed by atoms with van der Waals surface area (Å²) < 4.78 is 0. The average Bonchev–Trinajstić information content (AvgIpc) is 2.74. The first-order valence-corrected chi connectivity index (χ1v) is 7.71. The number of amides is 1. The van der Waals surface area contributed by atoms with Crippen molar-refractivity contribution in [3.63, 3.8) is 0 Å². The van der Waals surface area contributed by atoms with E-state index >= 15 is 0 Å². The molecule has 0 radical (unpaired) electrons. The Morgan fingerprint density at radius 2 is 2.16 bits per heavy atom. The van der Waals surface area contributed by atoms with Crippen LogP contribution in [0.2, 0.25) is 0 Å². The van der Waals surface area contributed by atoms with E-state index in [4.69, 9.17) is 0 Å². The molecule has 5 heteroatoms. The molecule has 1 heterocycles. The molecule has 0 bridgehead atoms. The number of hydrogen-bond donors (Lipinski definition) is 1. The zero-order valence-electron chi connectivity index (χ0n) is 11.8. The number of hydrogen-bond acceptors (Lipinski definition) is 4. The summed E-state index contributed by atoms with van der Waals surface area (Å²) in [5, 5.41) is 7.25. The van der Waals surface area contributed by atoms with Gasteiger partial charge in [0.2, 0.25) is 5.91 Å². The molecule has 19 heavy (non-hydrogen) atoms. The first-order chi connectivity index (χ1) is 9.06. The van der Waals surface area contributed by atoms with Crippen molar-refractivity contribution in [2.75, 3.05) is 0 Å². The van der Waals surface area contributed by atoms with Gasteiger partial charge in [-0.25, -0.2) is 10.4 Å². The van der Waals surface area contributed by atoms with Crippen LogP contribution < -0.4 is 5.43 Å². The molecule has 4 nitrogen and oxygen atoms in total. The van der Waals surface area contributed by atoms with Gasteiger partial charge in [0.05, 0.1) is 17.1 Å². The largest absolute Gasteiger partial charge is 0.273 e. The van der Waals surface area contributed by atoms with E-state index in [9.17, 15) is 4.79 Å². The Labute approximate surface area is 118 Å². The molecular formula is C14H21N3OS. The number of nitrogens with zero attached hydrogens (tertiary/aromatic N) is 2. The summed E-state index contributed by atoms with van der Waals surface area (Å²) in [7, 11) is 0. The van der Waals surface area contributed by atoms with Crippen molar-refractivity contribution in [2.45, 2.75) is 46.5 Å². The SMILES string of the molecule is Cc1nc(CC(=O)NN=C2[C@@H](C)CCC[C@@H]2C)cs1. The number of thiazole rings is 1. The summed E-state index contributed by atoms with van der Waals surface area (Å²) in [5.41, 5.74) is 4.64. The quantitative estimate of drug-likeness (QED) is 0.865. The second-order valence-corrected chi connectivity index (χ2v) is 6.40. The highest BCUT2D eigenvalue weighted by Crippen LogP contribution is 2.25. The van der Waals surface area contributed by atoms with Crippen molar-refractivity contribution in [1.29, 1.82) is 0 Å². The molecule has 1 N–H and O–H groups in total. The molecule has 1 saturated carbocycles. The topological polar surface area (TPSA) is 54.4 Å². The van der Waals surface area contributed by atoms with Gasteiger partial charge in [0.25, 0.3) is 0 Å². The maximum Gasteiger partial charge on any atom is 0.246 e. The van der Waals surface area contributed by atoms with Crippen LogP contribution in [0, 0.1) is 18.8 Å². The molecule has 1 aromatic heterocycles. The molecule has 0 aliphatic heterocycles. The summed E-state index contributed by atoms with van der Waals surface area (Å²) >= 11 is 1.57. The molecule has 0 spiro atoms. The van der Waals surface area contributed by atoms with Crippen LogP contribution in [-0.2, 0) is 11.2 Å². The summed E-state index contributed by atoms with van der Waals surface area (Å²) in [5.74, 6) is 0.874. The van der Waals surface area contributed by atoms with Gasteiger partial charge in [-0.1, -0.05) is 20.3 Å². The third kappa shape index (κ3) is 3.86. The number of nitrogens with one attached hydrogen (secondary N) is 1. The molecule has 1 amide bonds. The Balaban J connectivity index is 1.91. The first-order valence-electron chi connectivity index (χ1n) is 6.83. The van der Waals surface area contributed by atoms with Crippen LogP contribution >= 0.6 is 11.3 Å². The van der Waals surface area contributed by atoms with Crippen LogP contribution in [-0.4, -0.2) is 16.6 Å². The Morgan fingerprint density at radius 3 is 2.74 bits per heavy atom. The van der Waals surface area contributed by atoms with E-state index in [0.717, 1.165) is 16.4 Å². The predicted molar refractivity (Wildman–Crippen MR) is 78.3 cm³/mol. The van der Waals surface area contributed by atoms with Gasteiger partial charge >= 0.3 is 0 Å². The molecule has 1 aliphatic carbocycles. The van der Waals surface area contributed by atoms with Crippen LogP contribution in [0.3, 0.4) is 0 Å². The third-order valence-corrected chi connectivity index (χ3v) is 4.42. The van der Waals surface area contributed by atoms with Crippen molar-refractivity contribution in [3.05, 3.63) is 16.1 Å². The minimum absolute atomic E-state index is 0.0808. The van der Waals surface area contributed by atoms with Gasteiger partial charge < -0.3 is 0 Å². The summed E-state index contributed by atoms with van der Waals surface area (Å²) in [6.45, 7) is 6.31. The number of aryl methyl sites for hydroxylation is 1. The lowest BCUT2D eigenvalue weighted by Crippen LogP contribution is -2.29. The van der Waals surface area contributed by atoms with Crippen molar-refractivity contribution in [3.8, 4) is 0 Å². The van der Waals surface area contributed by atoms with Gasteiger partial charge in [0, 0.05) is 11.1 Å². The minimum Gasteiger partial charge on any atom is -0.273 e. The fourth-order valence-corrected chi connectivity index (χ4v) is 3.17. The molecule has 0 aromatic carbocycles. The lowest BCUT2D eigenvalue weighted by atomic mass is 9.81. The predicted octanol–water partition coefficient (Wildman–Crippen LogP) is 2.92. The number of carbonyl (C=O) groups is 1. The van der Waals surface area contributed by atoms with Crippen LogP contribution in [0.1, 0.15) is 43.8 Å². The Morgan fingerprint density at radius 1 is 1.47 bits per heavy atom. The molecule has 1 aromatic rings. The van der Waals surface area contributed by atoms with Crippen LogP contribution in [0.5, 0.6) is 0 Å². The van der Waals surface area contributed by atoms with E-state index in [1.807, 2.05) is 12.3 Å². The van der Waals surface area contributed by atoms with Crippen molar-refractivity contribution < 1.29 is 4.79 Å². The van der Waals surface area contributed by atoms with E-state index in [1.165, 1.54) is 19.3 Å². The number of hydrazone groups is 1. The molecular weight excluding hydrogens is 258 g/mol. The number of aromatic nitrogens is 1. The minimum atomic E-state index is -0.0808. The lowest BCUT2D eigenvalue weighted by molar-refractivity contribution is -0.120. The number of carbonyl (C=O) groups excluding carboxylic acids is 1. The van der Waals surface area contributed by atoms with Gasteiger partial charge in [-0.3, -0.25) is 4.79 Å².